The van der Waals surface area contributed by atoms with Crippen molar-refractivity contribution in [2.75, 3.05) is 5.32 Å². The highest BCUT2D eigenvalue weighted by Gasteiger charge is 2.14. The number of rotatable bonds is 3. The van der Waals surface area contributed by atoms with E-state index in [1.807, 2.05) is 0 Å². The molecule has 104 valence electrons. The first-order chi connectivity index (χ1) is 9.52. The molecule has 1 amide bonds. The van der Waals surface area contributed by atoms with E-state index in [1.165, 1.54) is 12.1 Å². The van der Waals surface area contributed by atoms with E-state index in [0.29, 0.717) is 9.90 Å². The summed E-state index contributed by atoms with van der Waals surface area (Å²) in [5.41, 5.74) is 5.53. The van der Waals surface area contributed by atoms with Crippen LogP contribution in [0.5, 0.6) is 0 Å². The van der Waals surface area contributed by atoms with E-state index in [-0.39, 0.29) is 17.1 Å². The van der Waals surface area contributed by atoms with Crippen LogP contribution in [0.4, 0.5) is 10.1 Å². The molecule has 1 heterocycles. The van der Waals surface area contributed by atoms with Gasteiger partial charge in [-0.3, -0.25) is 4.79 Å². The third-order valence-electron chi connectivity index (χ3n) is 2.44. The lowest BCUT2D eigenvalue weighted by molar-refractivity contribution is 0.103. The number of nitrogens with zero attached hydrogens (tertiary/aromatic N) is 1. The number of hydrogen-bond acceptors (Lipinski definition) is 4. The minimum Gasteiger partial charge on any atom is -0.409 e. The number of benzene rings is 1. The second kappa shape index (κ2) is 5.89. The van der Waals surface area contributed by atoms with Crippen LogP contribution >= 0.6 is 22.9 Å². The molecule has 0 spiro atoms. The molecule has 5 nitrogen and oxygen atoms in total. The molecule has 2 aromatic rings. The van der Waals surface area contributed by atoms with Crippen molar-refractivity contribution in [1.29, 1.82) is 0 Å². The molecule has 0 aliphatic heterocycles. The maximum Gasteiger partial charge on any atom is 0.267 e. The van der Waals surface area contributed by atoms with Gasteiger partial charge in [-0.25, -0.2) is 4.39 Å². The highest BCUT2D eigenvalue weighted by atomic mass is 35.5. The van der Waals surface area contributed by atoms with Crippen LogP contribution in [-0.4, -0.2) is 17.0 Å². The zero-order chi connectivity index (χ0) is 14.7. The number of halogens is 2. The molecule has 0 radical (unpaired) electrons. The molecule has 0 aliphatic carbocycles. The number of carbonyl (C=O) groups excluding carboxylic acids is 1. The van der Waals surface area contributed by atoms with Gasteiger partial charge in [0, 0.05) is 5.56 Å². The minimum atomic E-state index is -0.699. The largest absolute Gasteiger partial charge is 0.409 e. The Morgan fingerprint density at radius 1 is 1.45 bits per heavy atom. The van der Waals surface area contributed by atoms with Gasteiger partial charge in [0.1, 0.15) is 10.7 Å². The van der Waals surface area contributed by atoms with E-state index in [9.17, 15) is 9.18 Å². The van der Waals surface area contributed by atoms with Gasteiger partial charge in [-0.05, 0) is 29.6 Å². The fraction of sp³-hybridized carbons (Fsp3) is 0. The molecular formula is C12H9ClFN3O2S. The van der Waals surface area contributed by atoms with Gasteiger partial charge in [0.25, 0.3) is 5.91 Å². The Morgan fingerprint density at radius 3 is 2.75 bits per heavy atom. The Morgan fingerprint density at radius 2 is 2.20 bits per heavy atom. The lowest BCUT2D eigenvalue weighted by Gasteiger charge is -2.07. The molecule has 20 heavy (non-hydrogen) atoms. The van der Waals surface area contributed by atoms with Gasteiger partial charge < -0.3 is 16.3 Å². The molecule has 0 fully saturated rings. The second-order valence-electron chi connectivity index (χ2n) is 3.73. The number of amidine groups is 1. The smallest absolute Gasteiger partial charge is 0.267 e. The van der Waals surface area contributed by atoms with E-state index in [2.05, 4.69) is 10.5 Å². The first-order valence-corrected chi connectivity index (χ1v) is 6.60. The van der Waals surface area contributed by atoms with Crippen LogP contribution in [0.3, 0.4) is 0 Å². The van der Waals surface area contributed by atoms with Gasteiger partial charge in [-0.1, -0.05) is 16.8 Å². The van der Waals surface area contributed by atoms with Crippen LogP contribution in [0.2, 0.25) is 5.02 Å². The van der Waals surface area contributed by atoms with E-state index in [4.69, 9.17) is 22.5 Å². The molecule has 8 heteroatoms. The highest BCUT2D eigenvalue weighted by molar-refractivity contribution is 7.12. The number of nitrogens with two attached hydrogens (primary N) is 1. The molecule has 1 aromatic carbocycles. The van der Waals surface area contributed by atoms with E-state index in [0.717, 1.165) is 17.4 Å². The standard InChI is InChI=1S/C12H9ClFN3O2S/c13-7-3-4-20-10(7)12(18)16-9-2-1-6(5-8(9)14)11(15)17-19/h1-5,19H,(H2,15,17)(H,16,18). The number of anilines is 1. The van der Waals surface area contributed by atoms with Crippen LogP contribution in [0.1, 0.15) is 15.2 Å². The van der Waals surface area contributed by atoms with Crippen molar-refractivity contribution < 1.29 is 14.4 Å². The number of amides is 1. The quantitative estimate of drug-likeness (QED) is 0.352. The molecule has 4 N–H and O–H groups in total. The maximum atomic E-state index is 13.8. The van der Waals surface area contributed by atoms with Crippen molar-refractivity contribution in [1.82, 2.24) is 0 Å². The van der Waals surface area contributed by atoms with Crippen molar-refractivity contribution in [3.05, 3.63) is 50.9 Å². The topological polar surface area (TPSA) is 87.7 Å². The van der Waals surface area contributed by atoms with Crippen LogP contribution in [0.25, 0.3) is 0 Å². The Bertz CT molecular complexity index is 687. The molecule has 0 saturated heterocycles. The van der Waals surface area contributed by atoms with Crippen LogP contribution in [0.15, 0.2) is 34.8 Å². The minimum absolute atomic E-state index is 0.0195. The summed E-state index contributed by atoms with van der Waals surface area (Å²) >= 11 is 6.98. The number of thiophene rings is 1. The SMILES string of the molecule is N/C(=N/O)c1ccc(NC(=O)c2sccc2Cl)c(F)c1. The molecule has 0 bridgehead atoms. The number of carbonyl (C=O) groups is 1. The zero-order valence-corrected chi connectivity index (χ0v) is 11.5. The van der Waals surface area contributed by atoms with Crippen LogP contribution in [0, 0.1) is 5.82 Å². The average Bonchev–Trinajstić information content (AvgIpc) is 2.86. The molecule has 0 aliphatic rings. The number of hydrogen-bond donors (Lipinski definition) is 3. The van der Waals surface area contributed by atoms with Gasteiger partial charge in [-0.2, -0.15) is 0 Å². The predicted molar refractivity (Wildman–Crippen MR) is 76.2 cm³/mol. The summed E-state index contributed by atoms with van der Waals surface area (Å²) in [6.07, 6.45) is 0. The summed E-state index contributed by atoms with van der Waals surface area (Å²) in [4.78, 5) is 12.2. The van der Waals surface area contributed by atoms with Crippen molar-refractivity contribution in [2.45, 2.75) is 0 Å². The summed E-state index contributed by atoms with van der Waals surface area (Å²) in [7, 11) is 0. The number of oxime groups is 1. The van der Waals surface area contributed by atoms with Gasteiger partial charge >= 0.3 is 0 Å². The van der Waals surface area contributed by atoms with Crippen LogP contribution in [-0.2, 0) is 0 Å². The lowest BCUT2D eigenvalue weighted by Crippen LogP contribution is -2.15. The third-order valence-corrected chi connectivity index (χ3v) is 3.78. The molecule has 0 unspecified atom stereocenters. The summed E-state index contributed by atoms with van der Waals surface area (Å²) in [6, 6.07) is 5.38. The highest BCUT2D eigenvalue weighted by Crippen LogP contribution is 2.24. The second-order valence-corrected chi connectivity index (χ2v) is 5.05. The number of nitrogens with one attached hydrogen (secondary N) is 1. The Labute approximate surface area is 122 Å². The molecular weight excluding hydrogens is 305 g/mol. The average molecular weight is 314 g/mol. The fourth-order valence-corrected chi connectivity index (χ4v) is 2.50. The lowest BCUT2D eigenvalue weighted by atomic mass is 10.2. The molecule has 0 saturated carbocycles. The Balaban J connectivity index is 2.23. The first-order valence-electron chi connectivity index (χ1n) is 5.34. The first kappa shape index (κ1) is 14.3. The molecule has 0 atom stereocenters. The summed E-state index contributed by atoms with van der Waals surface area (Å²) in [5, 5.41) is 15.6. The van der Waals surface area contributed by atoms with E-state index in [1.54, 1.807) is 11.4 Å². The summed E-state index contributed by atoms with van der Waals surface area (Å²) < 4.78 is 13.8. The van der Waals surface area contributed by atoms with Crippen molar-refractivity contribution in [3.63, 3.8) is 0 Å². The van der Waals surface area contributed by atoms with Crippen molar-refractivity contribution in [3.8, 4) is 0 Å². The van der Waals surface area contributed by atoms with Gasteiger partial charge in [0.15, 0.2) is 5.84 Å². The predicted octanol–water partition coefficient (Wildman–Crippen LogP) is 2.89. The Kier molecular flexibility index (Phi) is 4.21. The van der Waals surface area contributed by atoms with Crippen LogP contribution < -0.4 is 11.1 Å². The summed E-state index contributed by atoms with van der Waals surface area (Å²) in [5.74, 6) is -1.42. The van der Waals surface area contributed by atoms with Gasteiger partial charge in [-0.15, -0.1) is 11.3 Å². The molecule has 2 rings (SSSR count). The zero-order valence-electron chi connectivity index (χ0n) is 9.93. The van der Waals surface area contributed by atoms with Gasteiger partial charge in [0.05, 0.1) is 10.7 Å². The monoisotopic (exact) mass is 313 g/mol. The Hall–Kier alpha value is -2.12. The molecule has 1 aromatic heterocycles. The maximum absolute atomic E-state index is 13.8. The summed E-state index contributed by atoms with van der Waals surface area (Å²) in [6.45, 7) is 0. The van der Waals surface area contributed by atoms with E-state index < -0.39 is 11.7 Å². The van der Waals surface area contributed by atoms with Crippen molar-refractivity contribution in [2.24, 2.45) is 10.9 Å². The van der Waals surface area contributed by atoms with Gasteiger partial charge in [0.2, 0.25) is 0 Å². The van der Waals surface area contributed by atoms with Crippen molar-refractivity contribution >= 4 is 40.4 Å². The third kappa shape index (κ3) is 2.89. The normalized spacial score (nSPS) is 11.4. The van der Waals surface area contributed by atoms with E-state index >= 15 is 0 Å². The fourth-order valence-electron chi connectivity index (χ4n) is 1.47.